The third kappa shape index (κ3) is 1.64. The molecular formula is C9H8N2O3. The lowest BCUT2D eigenvalue weighted by Crippen LogP contribution is -1.95. The van der Waals surface area contributed by atoms with E-state index < -0.39 is 4.92 Å². The molecule has 1 aromatic carbocycles. The van der Waals surface area contributed by atoms with Gasteiger partial charge < -0.3 is 4.74 Å². The highest BCUT2D eigenvalue weighted by Crippen LogP contribution is 2.27. The van der Waals surface area contributed by atoms with Crippen molar-refractivity contribution in [3.63, 3.8) is 0 Å². The zero-order valence-corrected chi connectivity index (χ0v) is 7.77. The fourth-order valence-electron chi connectivity index (χ4n) is 1.21. The standard InChI is InChI=1S/C9H8N2O3/c1-6-3-8(11(12)13)4-7(5-10)9(6)14-2/h3-4H,1-2H3. The average molecular weight is 192 g/mol. The van der Waals surface area contributed by atoms with Gasteiger partial charge in [0.25, 0.3) is 5.69 Å². The number of hydrogen-bond donors (Lipinski definition) is 0. The van der Waals surface area contributed by atoms with E-state index in [9.17, 15) is 10.1 Å². The largest absolute Gasteiger partial charge is 0.495 e. The molecule has 5 nitrogen and oxygen atoms in total. The molecule has 0 spiro atoms. The van der Waals surface area contributed by atoms with E-state index >= 15 is 0 Å². The number of nitro benzene ring substituents is 1. The number of nitriles is 1. The highest BCUT2D eigenvalue weighted by atomic mass is 16.6. The molecule has 0 amide bonds. The molecule has 5 heteroatoms. The fourth-order valence-corrected chi connectivity index (χ4v) is 1.21. The first-order valence-electron chi connectivity index (χ1n) is 3.83. The Balaban J connectivity index is 3.41. The van der Waals surface area contributed by atoms with Gasteiger partial charge in [-0.2, -0.15) is 5.26 Å². The molecule has 14 heavy (non-hydrogen) atoms. The maximum absolute atomic E-state index is 10.5. The van der Waals surface area contributed by atoms with Crippen LogP contribution >= 0.6 is 0 Å². The molecule has 0 aromatic heterocycles. The lowest BCUT2D eigenvalue weighted by Gasteiger charge is -2.05. The van der Waals surface area contributed by atoms with Gasteiger partial charge in [0.05, 0.1) is 12.0 Å². The maximum atomic E-state index is 10.5. The maximum Gasteiger partial charge on any atom is 0.271 e. The smallest absolute Gasteiger partial charge is 0.271 e. The summed E-state index contributed by atoms with van der Waals surface area (Å²) >= 11 is 0. The van der Waals surface area contributed by atoms with Crippen molar-refractivity contribution in [2.45, 2.75) is 6.92 Å². The summed E-state index contributed by atoms with van der Waals surface area (Å²) in [6.07, 6.45) is 0. The van der Waals surface area contributed by atoms with Crippen molar-refractivity contribution in [3.05, 3.63) is 33.4 Å². The molecule has 0 saturated carbocycles. The molecule has 0 N–H and O–H groups in total. The molecule has 0 saturated heterocycles. The Hall–Kier alpha value is -2.09. The lowest BCUT2D eigenvalue weighted by molar-refractivity contribution is -0.384. The van der Waals surface area contributed by atoms with Crippen LogP contribution in [0.25, 0.3) is 0 Å². The minimum absolute atomic E-state index is 0.0974. The number of methoxy groups -OCH3 is 1. The number of ether oxygens (including phenoxy) is 1. The molecule has 72 valence electrons. The minimum atomic E-state index is -0.534. The van der Waals surface area contributed by atoms with Crippen molar-refractivity contribution in [2.75, 3.05) is 7.11 Å². The summed E-state index contributed by atoms with van der Waals surface area (Å²) in [6.45, 7) is 1.66. The molecule has 0 aliphatic rings. The van der Waals surface area contributed by atoms with E-state index in [1.165, 1.54) is 19.2 Å². The second-order valence-electron chi connectivity index (χ2n) is 2.71. The molecular weight excluding hydrogens is 184 g/mol. The number of nitrogens with zero attached hydrogens (tertiary/aromatic N) is 2. The predicted octanol–water partition coefficient (Wildman–Crippen LogP) is 1.78. The van der Waals surface area contributed by atoms with Gasteiger partial charge in [-0.15, -0.1) is 0 Å². The summed E-state index contributed by atoms with van der Waals surface area (Å²) < 4.78 is 4.96. The monoisotopic (exact) mass is 192 g/mol. The number of rotatable bonds is 2. The quantitative estimate of drug-likeness (QED) is 0.528. The molecule has 0 atom stereocenters. The van der Waals surface area contributed by atoms with Crippen LogP contribution in [0.2, 0.25) is 0 Å². The van der Waals surface area contributed by atoms with Gasteiger partial charge in [-0.05, 0) is 12.5 Å². The summed E-state index contributed by atoms with van der Waals surface area (Å²) in [6, 6.07) is 4.43. The summed E-state index contributed by atoms with van der Waals surface area (Å²) in [5.41, 5.74) is 0.664. The molecule has 1 rings (SSSR count). The first kappa shape index (κ1) is 9.99. The fraction of sp³-hybridized carbons (Fsp3) is 0.222. The highest BCUT2D eigenvalue weighted by Gasteiger charge is 2.14. The molecule has 1 aromatic rings. The Labute approximate surface area is 80.7 Å². The predicted molar refractivity (Wildman–Crippen MR) is 49.1 cm³/mol. The number of nitro groups is 1. The van der Waals surface area contributed by atoms with Crippen molar-refractivity contribution >= 4 is 5.69 Å². The van der Waals surface area contributed by atoms with Crippen LogP contribution in [0.4, 0.5) is 5.69 Å². The van der Waals surface area contributed by atoms with Crippen molar-refractivity contribution in [1.82, 2.24) is 0 Å². The van der Waals surface area contributed by atoms with Gasteiger partial charge in [-0.1, -0.05) is 0 Å². The van der Waals surface area contributed by atoms with Crippen LogP contribution in [0.5, 0.6) is 5.75 Å². The second kappa shape index (κ2) is 3.75. The summed E-state index contributed by atoms with van der Waals surface area (Å²) in [7, 11) is 1.43. The first-order chi connectivity index (χ1) is 6.60. The number of hydrogen-bond acceptors (Lipinski definition) is 4. The van der Waals surface area contributed by atoms with E-state index in [0.717, 1.165) is 0 Å². The van der Waals surface area contributed by atoms with E-state index in [2.05, 4.69) is 0 Å². The van der Waals surface area contributed by atoms with E-state index in [0.29, 0.717) is 11.3 Å². The van der Waals surface area contributed by atoms with Crippen LogP contribution in [0.15, 0.2) is 12.1 Å². The molecule has 0 fully saturated rings. The van der Waals surface area contributed by atoms with Gasteiger partial charge >= 0.3 is 0 Å². The summed E-state index contributed by atoms with van der Waals surface area (Å²) in [4.78, 5) is 9.94. The van der Waals surface area contributed by atoms with Gasteiger partial charge in [-0.25, -0.2) is 0 Å². The van der Waals surface area contributed by atoms with E-state index in [-0.39, 0.29) is 11.3 Å². The van der Waals surface area contributed by atoms with Crippen molar-refractivity contribution in [1.29, 1.82) is 5.26 Å². The van der Waals surface area contributed by atoms with Crippen molar-refractivity contribution < 1.29 is 9.66 Å². The minimum Gasteiger partial charge on any atom is -0.495 e. The Morgan fingerprint density at radius 3 is 2.64 bits per heavy atom. The van der Waals surface area contributed by atoms with Crippen LogP contribution in [0.1, 0.15) is 11.1 Å². The van der Waals surface area contributed by atoms with Crippen LogP contribution in [-0.4, -0.2) is 12.0 Å². The highest BCUT2D eigenvalue weighted by molar-refractivity contribution is 5.54. The Kier molecular flexibility index (Phi) is 2.67. The second-order valence-corrected chi connectivity index (χ2v) is 2.71. The lowest BCUT2D eigenvalue weighted by atomic mass is 10.1. The van der Waals surface area contributed by atoms with Crippen LogP contribution in [0, 0.1) is 28.4 Å². The van der Waals surface area contributed by atoms with Crippen LogP contribution in [0.3, 0.4) is 0 Å². The molecule has 0 unspecified atom stereocenters. The molecule has 0 aliphatic carbocycles. The van der Waals surface area contributed by atoms with E-state index in [1.807, 2.05) is 6.07 Å². The van der Waals surface area contributed by atoms with Gasteiger partial charge in [0, 0.05) is 12.1 Å². The van der Waals surface area contributed by atoms with Gasteiger partial charge in [0.1, 0.15) is 17.4 Å². The third-order valence-electron chi connectivity index (χ3n) is 1.79. The number of non-ortho nitro benzene ring substituents is 1. The van der Waals surface area contributed by atoms with Crippen LogP contribution in [-0.2, 0) is 0 Å². The summed E-state index contributed by atoms with van der Waals surface area (Å²) in [5.74, 6) is 0.387. The van der Waals surface area contributed by atoms with Gasteiger partial charge in [0.2, 0.25) is 0 Å². The number of aryl methyl sites for hydroxylation is 1. The van der Waals surface area contributed by atoms with E-state index in [1.54, 1.807) is 6.92 Å². The normalized spacial score (nSPS) is 9.21. The van der Waals surface area contributed by atoms with Gasteiger partial charge in [-0.3, -0.25) is 10.1 Å². The zero-order valence-electron chi connectivity index (χ0n) is 7.77. The molecule has 0 heterocycles. The van der Waals surface area contributed by atoms with Gasteiger partial charge in [0.15, 0.2) is 0 Å². The number of benzene rings is 1. The average Bonchev–Trinajstić information content (AvgIpc) is 2.16. The molecule has 0 bridgehead atoms. The van der Waals surface area contributed by atoms with E-state index in [4.69, 9.17) is 10.00 Å². The Morgan fingerprint density at radius 1 is 1.57 bits per heavy atom. The Bertz CT molecular complexity index is 421. The first-order valence-corrected chi connectivity index (χ1v) is 3.83. The van der Waals surface area contributed by atoms with Crippen LogP contribution < -0.4 is 4.74 Å². The van der Waals surface area contributed by atoms with Crippen molar-refractivity contribution in [2.24, 2.45) is 0 Å². The molecule has 0 radical (unpaired) electrons. The SMILES string of the molecule is COc1c(C)cc([N+](=O)[O-])cc1C#N. The third-order valence-corrected chi connectivity index (χ3v) is 1.79. The molecule has 0 aliphatic heterocycles. The summed E-state index contributed by atoms with van der Waals surface area (Å²) in [5, 5.41) is 19.2. The Morgan fingerprint density at radius 2 is 2.21 bits per heavy atom. The topological polar surface area (TPSA) is 76.2 Å². The zero-order chi connectivity index (χ0) is 10.7. The van der Waals surface area contributed by atoms with Crippen molar-refractivity contribution in [3.8, 4) is 11.8 Å².